The predicted molar refractivity (Wildman–Crippen MR) is 217 cm³/mol. The molecule has 0 spiro atoms. The van der Waals surface area contributed by atoms with Gasteiger partial charge in [-0.2, -0.15) is 0 Å². The normalized spacial score (nSPS) is 23.1. The average molecular weight is 797 g/mol. The summed E-state index contributed by atoms with van der Waals surface area (Å²) in [6, 6.07) is 39.5. The first kappa shape index (κ1) is 41.9. The summed E-state index contributed by atoms with van der Waals surface area (Å²) >= 11 is 5.33. The van der Waals surface area contributed by atoms with Crippen LogP contribution in [0, 0.1) is 23.7 Å². The highest BCUT2D eigenvalue weighted by molar-refractivity contribution is 6.17. The Hall–Kier alpha value is -4.74. The van der Waals surface area contributed by atoms with Crippen LogP contribution in [0.5, 0.6) is 0 Å². The van der Waals surface area contributed by atoms with E-state index >= 15 is 0 Å². The van der Waals surface area contributed by atoms with Crippen molar-refractivity contribution in [3.63, 3.8) is 0 Å². The van der Waals surface area contributed by atoms with Crippen molar-refractivity contribution in [1.82, 2.24) is 9.80 Å². The predicted octanol–water partition coefficient (Wildman–Crippen LogP) is 8.25. The summed E-state index contributed by atoms with van der Waals surface area (Å²) in [6.45, 7) is 4.35. The fraction of sp³-hybridized carbons (Fsp3) is 0.413. The van der Waals surface area contributed by atoms with E-state index in [0.29, 0.717) is 76.6 Å². The van der Waals surface area contributed by atoms with Gasteiger partial charge < -0.3 is 33.9 Å². The lowest BCUT2D eigenvalue weighted by molar-refractivity contribution is -0.120. The van der Waals surface area contributed by atoms with Crippen LogP contribution >= 0.6 is 11.6 Å². The maximum Gasteiger partial charge on any atom is 0.410 e. The maximum absolute atomic E-state index is 12.5. The molecule has 0 unspecified atom stereocenters. The largest absolute Gasteiger partial charge is 0.445 e. The monoisotopic (exact) mass is 796 g/mol. The molecule has 2 amide bonds. The van der Waals surface area contributed by atoms with Gasteiger partial charge in [-0.05, 0) is 53.4 Å². The Labute approximate surface area is 340 Å². The van der Waals surface area contributed by atoms with E-state index in [9.17, 15) is 19.5 Å². The molecule has 5 atom stereocenters. The molecule has 4 aliphatic rings. The first-order chi connectivity index (χ1) is 27.8. The van der Waals surface area contributed by atoms with E-state index in [1.165, 1.54) is 0 Å². The lowest BCUT2D eigenvalue weighted by Crippen LogP contribution is -2.42. The number of aliphatic hydroxyl groups is 1. The third-order valence-electron chi connectivity index (χ3n) is 11.3. The molecule has 11 heteroatoms. The van der Waals surface area contributed by atoms with Crippen LogP contribution in [0.3, 0.4) is 0 Å². The zero-order valence-electron chi connectivity index (χ0n) is 32.3. The molecule has 2 heterocycles. The van der Waals surface area contributed by atoms with Crippen LogP contribution in [-0.4, -0.2) is 77.3 Å². The molecule has 2 saturated heterocycles. The van der Waals surface area contributed by atoms with Gasteiger partial charge in [0.1, 0.15) is 25.1 Å². The average Bonchev–Trinajstić information content (AvgIpc) is 4.04. The highest BCUT2D eigenvalue weighted by Gasteiger charge is 2.53. The number of likely N-dealkylation sites (tertiary alicyclic amines) is 2. The van der Waals surface area contributed by atoms with Gasteiger partial charge in [0.15, 0.2) is 0 Å². The molecule has 0 radical (unpaired) electrons. The van der Waals surface area contributed by atoms with Crippen molar-refractivity contribution in [2.24, 2.45) is 23.7 Å². The Morgan fingerprint density at radius 3 is 1.56 bits per heavy atom. The molecular weight excluding hydrogens is 744 g/mol. The standard InChI is InChI=1S/C23H27NO4.C15H17NO3.C8H9ClO/c25-22(28-16-19-9-5-2-6-10-19)24-13-20-11-12-23(26,21(20)14-24)17-27-15-18-7-3-1-4-8-18;17-14-7-6-12-8-16(9-13(12)14)15(18)19-10-11-4-2-1-3-5-11;9-7-10-6-8-4-2-1-3-5-8/h1-10,20-21,26H,11-17H2;1-5,12-13H,6-10H2;1-5H,6-7H2/t20-,21+,23+;12-,13+;/m00./s1. The minimum absolute atomic E-state index is 0.0487. The van der Waals surface area contributed by atoms with E-state index in [2.05, 4.69) is 0 Å². The molecule has 57 heavy (non-hydrogen) atoms. The van der Waals surface area contributed by atoms with Gasteiger partial charge in [0, 0.05) is 44.4 Å². The Kier molecular flexibility index (Phi) is 15.5. The number of rotatable bonds is 11. The lowest BCUT2D eigenvalue weighted by atomic mass is 9.89. The van der Waals surface area contributed by atoms with Crippen molar-refractivity contribution in [1.29, 1.82) is 0 Å². The van der Waals surface area contributed by atoms with Crippen LogP contribution in [0.2, 0.25) is 0 Å². The van der Waals surface area contributed by atoms with Crippen LogP contribution in [0.1, 0.15) is 47.9 Å². The quantitative estimate of drug-likeness (QED) is 0.151. The van der Waals surface area contributed by atoms with Crippen molar-refractivity contribution >= 4 is 29.6 Å². The number of amides is 2. The van der Waals surface area contributed by atoms with Crippen LogP contribution in [0.25, 0.3) is 0 Å². The maximum atomic E-state index is 12.5. The van der Waals surface area contributed by atoms with Crippen LogP contribution in [0.4, 0.5) is 9.59 Å². The minimum atomic E-state index is -0.867. The van der Waals surface area contributed by atoms with E-state index in [1.807, 2.05) is 121 Å². The Bertz CT molecular complexity index is 1840. The molecule has 2 aliphatic heterocycles. The molecule has 4 aromatic carbocycles. The van der Waals surface area contributed by atoms with Crippen molar-refractivity contribution in [3.8, 4) is 0 Å². The number of ketones is 1. The minimum Gasteiger partial charge on any atom is -0.445 e. The Balaban J connectivity index is 0.000000162. The van der Waals surface area contributed by atoms with Crippen LogP contribution in [-0.2, 0) is 50.2 Å². The van der Waals surface area contributed by atoms with E-state index in [1.54, 1.807) is 9.80 Å². The fourth-order valence-corrected chi connectivity index (χ4v) is 8.26. The highest BCUT2D eigenvalue weighted by Crippen LogP contribution is 2.45. The van der Waals surface area contributed by atoms with Crippen molar-refractivity contribution < 1.29 is 38.4 Å². The molecule has 1 N–H and O–H groups in total. The number of carbonyl (C=O) groups is 3. The van der Waals surface area contributed by atoms with Crippen molar-refractivity contribution in [2.45, 2.75) is 57.7 Å². The van der Waals surface area contributed by atoms with Gasteiger partial charge >= 0.3 is 12.2 Å². The number of Topliss-reactive ketones (excluding diaryl/α,β-unsaturated/α-hetero) is 1. The summed E-state index contributed by atoms with van der Waals surface area (Å²) in [5, 5.41) is 11.1. The summed E-state index contributed by atoms with van der Waals surface area (Å²) in [6.07, 6.45) is 2.65. The first-order valence-corrected chi connectivity index (χ1v) is 20.3. The molecule has 2 aliphatic carbocycles. The zero-order valence-corrected chi connectivity index (χ0v) is 33.1. The van der Waals surface area contributed by atoms with Crippen molar-refractivity contribution in [3.05, 3.63) is 144 Å². The second-order valence-electron chi connectivity index (χ2n) is 15.2. The third kappa shape index (κ3) is 12.1. The highest BCUT2D eigenvalue weighted by atomic mass is 35.5. The molecule has 2 saturated carbocycles. The van der Waals surface area contributed by atoms with Crippen molar-refractivity contribution in [2.75, 3.05) is 38.9 Å². The number of nitrogens with zero attached hydrogens (tertiary/aromatic N) is 2. The van der Waals surface area contributed by atoms with Gasteiger partial charge in [-0.3, -0.25) is 4.79 Å². The van der Waals surface area contributed by atoms with E-state index in [0.717, 1.165) is 41.5 Å². The number of halogens is 1. The van der Waals surface area contributed by atoms with Gasteiger partial charge in [0.25, 0.3) is 0 Å². The number of ether oxygens (including phenoxy) is 4. The molecule has 0 bridgehead atoms. The molecular formula is C46H53ClN2O8. The van der Waals surface area contributed by atoms with E-state index in [-0.39, 0.29) is 36.7 Å². The number of alkyl halides is 1. The number of fused-ring (bicyclic) bond motifs is 2. The molecule has 0 aromatic heterocycles. The summed E-state index contributed by atoms with van der Waals surface area (Å²) in [5.74, 6) is 1.09. The molecule has 8 rings (SSSR count). The summed E-state index contributed by atoms with van der Waals surface area (Å²) in [5.41, 5.74) is 3.34. The molecule has 302 valence electrons. The molecule has 4 fully saturated rings. The zero-order chi connectivity index (χ0) is 39.9. The number of hydrogen-bond donors (Lipinski definition) is 1. The van der Waals surface area contributed by atoms with Gasteiger partial charge in [-0.1, -0.05) is 133 Å². The number of hydrogen-bond acceptors (Lipinski definition) is 8. The third-order valence-corrected chi connectivity index (χ3v) is 11.4. The fourth-order valence-electron chi connectivity index (χ4n) is 8.18. The molecule has 10 nitrogen and oxygen atoms in total. The number of carbonyl (C=O) groups excluding carboxylic acids is 3. The number of benzene rings is 4. The smallest absolute Gasteiger partial charge is 0.410 e. The second-order valence-corrected chi connectivity index (χ2v) is 15.4. The van der Waals surface area contributed by atoms with Crippen LogP contribution < -0.4 is 0 Å². The summed E-state index contributed by atoms with van der Waals surface area (Å²) in [4.78, 5) is 39.4. The van der Waals surface area contributed by atoms with E-state index in [4.69, 9.17) is 30.5 Å². The summed E-state index contributed by atoms with van der Waals surface area (Å²) in [7, 11) is 0. The lowest BCUT2D eigenvalue weighted by Gasteiger charge is -2.29. The summed E-state index contributed by atoms with van der Waals surface area (Å²) < 4.78 is 21.6. The van der Waals surface area contributed by atoms with Gasteiger partial charge in [0.05, 0.1) is 25.4 Å². The SMILES string of the molecule is ClCOCc1ccccc1.O=C(OCc1ccccc1)N1C[C@@H]2CC[C@@](O)(COCc3ccccc3)[C@@H]2C1.O=C1CC[C@H]2CN(C(=O)OCc3ccccc3)C[C@@H]12. The van der Waals surface area contributed by atoms with Gasteiger partial charge in [-0.15, -0.1) is 0 Å². The molecule has 4 aromatic rings. The second kappa shape index (κ2) is 21.1. The van der Waals surface area contributed by atoms with Gasteiger partial charge in [-0.25, -0.2) is 9.59 Å². The van der Waals surface area contributed by atoms with E-state index < -0.39 is 5.60 Å². The Morgan fingerprint density at radius 1 is 0.614 bits per heavy atom. The first-order valence-electron chi connectivity index (χ1n) is 19.8. The van der Waals surface area contributed by atoms with Gasteiger partial charge in [0.2, 0.25) is 0 Å². The Morgan fingerprint density at radius 2 is 1.07 bits per heavy atom. The topological polar surface area (TPSA) is 115 Å². The van der Waals surface area contributed by atoms with Crippen LogP contribution in [0.15, 0.2) is 121 Å².